The number of anilines is 1. The molecule has 0 saturated heterocycles. The topological polar surface area (TPSA) is 33.6 Å². The summed E-state index contributed by atoms with van der Waals surface area (Å²) in [7, 11) is 1.48. The highest BCUT2D eigenvalue weighted by Crippen LogP contribution is 2.30. The molecule has 1 aromatic carbocycles. The number of methoxy groups -OCH3 is 1. The van der Waals surface area contributed by atoms with E-state index in [1.165, 1.54) is 7.11 Å². The highest BCUT2D eigenvalue weighted by atomic mass is 19.2. The van der Waals surface area contributed by atoms with E-state index in [0.29, 0.717) is 23.8 Å². The van der Waals surface area contributed by atoms with E-state index in [0.717, 1.165) is 12.1 Å². The number of benzene rings is 1. The monoisotopic (exact) mass is 198 g/mol. The van der Waals surface area contributed by atoms with Gasteiger partial charge in [-0.15, -0.1) is 0 Å². The van der Waals surface area contributed by atoms with E-state index >= 15 is 0 Å². The summed E-state index contributed by atoms with van der Waals surface area (Å²) in [5.41, 5.74) is 0.830. The smallest absolute Gasteiger partial charge is 0.208 e. The molecule has 14 heavy (non-hydrogen) atoms. The lowest BCUT2D eigenvalue weighted by atomic mass is 10.2. The lowest BCUT2D eigenvalue weighted by Crippen LogP contribution is -2.19. The third kappa shape index (κ3) is 1.41. The van der Waals surface area contributed by atoms with Gasteiger partial charge in [-0.25, -0.2) is 13.8 Å². The van der Waals surface area contributed by atoms with E-state index in [9.17, 15) is 8.78 Å². The molecule has 0 radical (unpaired) electrons. The van der Waals surface area contributed by atoms with Crippen molar-refractivity contribution in [1.82, 2.24) is 0 Å². The average Bonchev–Trinajstić information content (AvgIpc) is 2.19. The Bertz CT molecular complexity index is 404. The van der Waals surface area contributed by atoms with Gasteiger partial charge in [0.15, 0.2) is 11.6 Å². The summed E-state index contributed by atoms with van der Waals surface area (Å²) in [4.78, 5) is 3.99. The van der Waals surface area contributed by atoms with Crippen LogP contribution in [0.1, 0.15) is 0 Å². The molecule has 0 atom stereocenters. The Morgan fingerprint density at radius 3 is 2.79 bits per heavy atom. The minimum absolute atomic E-state index is 0.354. The first-order valence-electron chi connectivity index (χ1n) is 4.05. The van der Waals surface area contributed by atoms with Crippen molar-refractivity contribution in [3.8, 4) is 0 Å². The number of fused-ring (bicyclic) bond motifs is 1. The first-order chi connectivity index (χ1) is 6.70. The van der Waals surface area contributed by atoms with Gasteiger partial charge in [-0.1, -0.05) is 0 Å². The molecule has 1 aliphatic rings. The zero-order valence-electron chi connectivity index (χ0n) is 7.47. The second-order valence-electron chi connectivity index (χ2n) is 2.85. The number of halogens is 2. The Morgan fingerprint density at radius 1 is 1.36 bits per heavy atom. The molecule has 1 aliphatic heterocycles. The van der Waals surface area contributed by atoms with Crippen molar-refractivity contribution < 1.29 is 13.5 Å². The third-order valence-corrected chi connectivity index (χ3v) is 1.95. The van der Waals surface area contributed by atoms with Crippen molar-refractivity contribution in [3.05, 3.63) is 23.8 Å². The second kappa shape index (κ2) is 3.25. The molecule has 0 unspecified atom stereocenters. The largest absolute Gasteiger partial charge is 0.483 e. The summed E-state index contributed by atoms with van der Waals surface area (Å²) in [6, 6.07) is 2.12. The molecular weight excluding hydrogens is 190 g/mol. The number of hydrogen-bond acceptors (Lipinski definition) is 3. The van der Waals surface area contributed by atoms with Crippen molar-refractivity contribution in [3.63, 3.8) is 0 Å². The van der Waals surface area contributed by atoms with E-state index in [1.54, 1.807) is 0 Å². The maximum absolute atomic E-state index is 12.8. The molecule has 74 valence electrons. The van der Waals surface area contributed by atoms with Crippen molar-refractivity contribution in [1.29, 1.82) is 0 Å². The zero-order chi connectivity index (χ0) is 10.1. The van der Waals surface area contributed by atoms with Gasteiger partial charge < -0.3 is 10.1 Å². The standard InChI is InChI=1S/C9H8F2N2O/c1-14-9-4-12-7-2-5(10)6(11)3-8(7)13-9/h2-3,12H,4H2,1H3. The highest BCUT2D eigenvalue weighted by molar-refractivity contribution is 5.89. The van der Waals surface area contributed by atoms with Gasteiger partial charge >= 0.3 is 0 Å². The van der Waals surface area contributed by atoms with Crippen LogP contribution in [0, 0.1) is 11.6 Å². The van der Waals surface area contributed by atoms with E-state index in [1.807, 2.05) is 0 Å². The van der Waals surface area contributed by atoms with Crippen molar-refractivity contribution in [2.24, 2.45) is 4.99 Å². The molecule has 1 heterocycles. The number of nitrogens with one attached hydrogen (secondary N) is 1. The third-order valence-electron chi connectivity index (χ3n) is 1.95. The fraction of sp³-hybridized carbons (Fsp3) is 0.222. The average molecular weight is 198 g/mol. The Hall–Kier alpha value is -1.65. The van der Waals surface area contributed by atoms with Crippen LogP contribution >= 0.6 is 0 Å². The minimum Gasteiger partial charge on any atom is -0.483 e. The SMILES string of the molecule is COC1=Nc2cc(F)c(F)cc2NC1. The number of aliphatic imine (C=N–C) groups is 1. The predicted octanol–water partition coefficient (Wildman–Crippen LogP) is 2.07. The first kappa shape index (κ1) is 8.93. The first-order valence-corrected chi connectivity index (χ1v) is 4.05. The summed E-state index contributed by atoms with van der Waals surface area (Å²) in [6.45, 7) is 0.384. The Labute approximate surface area is 79.4 Å². The normalized spacial score (nSPS) is 14.1. The van der Waals surface area contributed by atoms with Crippen LogP contribution in [0.25, 0.3) is 0 Å². The molecule has 2 rings (SSSR count). The zero-order valence-corrected chi connectivity index (χ0v) is 7.47. The summed E-state index contributed by atoms with van der Waals surface area (Å²) in [5, 5.41) is 2.87. The molecule has 1 aromatic rings. The van der Waals surface area contributed by atoms with Crippen molar-refractivity contribution in [2.75, 3.05) is 19.0 Å². The summed E-state index contributed by atoms with van der Waals surface area (Å²) in [6.07, 6.45) is 0. The van der Waals surface area contributed by atoms with Gasteiger partial charge in [0.25, 0.3) is 0 Å². The molecule has 0 saturated carbocycles. The quantitative estimate of drug-likeness (QED) is 0.692. The van der Waals surface area contributed by atoms with E-state index in [2.05, 4.69) is 10.3 Å². The van der Waals surface area contributed by atoms with Crippen LogP contribution in [0.3, 0.4) is 0 Å². The van der Waals surface area contributed by atoms with Gasteiger partial charge in [0, 0.05) is 12.1 Å². The van der Waals surface area contributed by atoms with Gasteiger partial charge in [-0.05, 0) is 0 Å². The maximum Gasteiger partial charge on any atom is 0.208 e. The molecule has 5 heteroatoms. The molecule has 3 nitrogen and oxygen atoms in total. The Morgan fingerprint density at radius 2 is 2.07 bits per heavy atom. The van der Waals surface area contributed by atoms with Gasteiger partial charge in [-0.3, -0.25) is 0 Å². The van der Waals surface area contributed by atoms with Crippen LogP contribution in [0.15, 0.2) is 17.1 Å². The molecule has 0 aromatic heterocycles. The number of ether oxygens (including phenoxy) is 1. The number of nitrogens with zero attached hydrogens (tertiary/aromatic N) is 1. The van der Waals surface area contributed by atoms with Crippen LogP contribution in [-0.4, -0.2) is 19.6 Å². The van der Waals surface area contributed by atoms with Crippen LogP contribution in [-0.2, 0) is 4.74 Å². The summed E-state index contributed by atoms with van der Waals surface area (Å²) in [5.74, 6) is -1.34. The fourth-order valence-corrected chi connectivity index (χ4v) is 1.23. The van der Waals surface area contributed by atoms with Crippen LogP contribution in [0.2, 0.25) is 0 Å². The van der Waals surface area contributed by atoms with E-state index < -0.39 is 11.6 Å². The Kier molecular flexibility index (Phi) is 2.07. The second-order valence-corrected chi connectivity index (χ2v) is 2.85. The minimum atomic E-state index is -0.911. The van der Waals surface area contributed by atoms with E-state index in [4.69, 9.17) is 4.74 Å². The molecule has 0 spiro atoms. The summed E-state index contributed by atoms with van der Waals surface area (Å²) >= 11 is 0. The lowest BCUT2D eigenvalue weighted by molar-refractivity contribution is 0.397. The fourth-order valence-electron chi connectivity index (χ4n) is 1.23. The highest BCUT2D eigenvalue weighted by Gasteiger charge is 2.14. The van der Waals surface area contributed by atoms with Crippen molar-refractivity contribution in [2.45, 2.75) is 0 Å². The molecule has 0 aliphatic carbocycles. The molecular formula is C9H8F2N2O. The van der Waals surface area contributed by atoms with Gasteiger partial charge in [-0.2, -0.15) is 0 Å². The maximum atomic E-state index is 12.8. The molecule has 0 bridgehead atoms. The van der Waals surface area contributed by atoms with Crippen LogP contribution < -0.4 is 5.32 Å². The molecule has 0 amide bonds. The number of rotatable bonds is 0. The van der Waals surface area contributed by atoms with E-state index in [-0.39, 0.29) is 0 Å². The van der Waals surface area contributed by atoms with Crippen molar-refractivity contribution >= 4 is 17.3 Å². The molecule has 1 N–H and O–H groups in total. The molecule has 0 fully saturated rings. The number of hydrogen-bond donors (Lipinski definition) is 1. The van der Waals surface area contributed by atoms with Gasteiger partial charge in [0.2, 0.25) is 5.90 Å². The lowest BCUT2D eigenvalue weighted by Gasteiger charge is -2.16. The van der Waals surface area contributed by atoms with Crippen LogP contribution in [0.4, 0.5) is 20.2 Å². The van der Waals surface area contributed by atoms with Crippen LogP contribution in [0.5, 0.6) is 0 Å². The van der Waals surface area contributed by atoms with Gasteiger partial charge in [0.05, 0.1) is 25.0 Å². The predicted molar refractivity (Wildman–Crippen MR) is 49.0 cm³/mol. The van der Waals surface area contributed by atoms with Gasteiger partial charge in [0.1, 0.15) is 0 Å². The summed E-state index contributed by atoms with van der Waals surface area (Å²) < 4.78 is 30.5. The Balaban J connectivity index is 2.48.